The highest BCUT2D eigenvalue weighted by molar-refractivity contribution is 6.05. The van der Waals surface area contributed by atoms with Gasteiger partial charge in [0, 0.05) is 33.5 Å². The van der Waals surface area contributed by atoms with Gasteiger partial charge in [-0.1, -0.05) is 121 Å². The molecule has 7 aromatic rings. The van der Waals surface area contributed by atoms with E-state index in [0.29, 0.717) is 0 Å². The molecule has 2 nitrogen and oxygen atoms in total. The van der Waals surface area contributed by atoms with Crippen LogP contribution in [0.1, 0.15) is 35.4 Å². The number of benzene rings is 6. The topological polar surface area (TPSA) is 16.4 Å². The fraction of sp³-hybridized carbons (Fsp3) is 0.0909. The number of anilines is 2. The molecule has 220 valence electrons. The van der Waals surface area contributed by atoms with Crippen molar-refractivity contribution in [3.8, 4) is 11.1 Å². The number of hydrogen-bond acceptors (Lipinski definition) is 2. The van der Waals surface area contributed by atoms with Gasteiger partial charge in [0.2, 0.25) is 0 Å². The number of nitrogens with zero attached hydrogens (tertiary/aromatic N) is 1. The molecule has 2 heteroatoms. The molecule has 1 atom stereocenters. The molecule has 6 aromatic carbocycles. The van der Waals surface area contributed by atoms with Gasteiger partial charge in [0.1, 0.15) is 11.2 Å². The SMILES string of the molecule is C1=Cc2cccc(-c3ccc(N(C4=CCC(c5ccc6c(c5)oc5ccccc56)C=C4)c4cccc5ccccc45)cc3)c2CC1. The number of para-hydroxylation sites is 1. The molecule has 0 radical (unpaired) electrons. The first kappa shape index (κ1) is 26.8. The molecule has 2 aliphatic carbocycles. The Balaban J connectivity index is 1.09. The molecule has 0 bridgehead atoms. The maximum Gasteiger partial charge on any atom is 0.135 e. The van der Waals surface area contributed by atoms with Gasteiger partial charge < -0.3 is 9.32 Å². The second-order valence-electron chi connectivity index (χ2n) is 12.4. The first-order chi connectivity index (χ1) is 22.8. The standard InChI is InChI=1S/C44H33NO/c1-3-13-37-31(9-1)11-7-16-38(37)33-21-26-36(27-22-33)45(42-17-8-12-32-10-2-4-14-39(32)42)35-24-19-30(20-25-35)34-23-28-41-40-15-5-6-18-43(40)46-44(41)29-34/h1-2,4-12,14-19,21-30H,3,13,20H2. The van der Waals surface area contributed by atoms with E-state index in [1.165, 1.54) is 60.7 Å². The molecule has 0 fully saturated rings. The Kier molecular flexibility index (Phi) is 6.45. The highest BCUT2D eigenvalue weighted by atomic mass is 16.3. The van der Waals surface area contributed by atoms with Crippen LogP contribution >= 0.6 is 0 Å². The van der Waals surface area contributed by atoms with Crippen LogP contribution in [-0.4, -0.2) is 0 Å². The molecule has 46 heavy (non-hydrogen) atoms. The Morgan fingerprint density at radius 2 is 1.46 bits per heavy atom. The number of rotatable bonds is 5. The molecule has 0 spiro atoms. The van der Waals surface area contributed by atoms with E-state index in [1.807, 2.05) is 12.1 Å². The van der Waals surface area contributed by atoms with Gasteiger partial charge in [0.15, 0.2) is 0 Å². The third-order valence-electron chi connectivity index (χ3n) is 9.68. The van der Waals surface area contributed by atoms with E-state index in [1.54, 1.807) is 0 Å². The highest BCUT2D eigenvalue weighted by Crippen LogP contribution is 2.41. The molecular formula is C44H33NO. The van der Waals surface area contributed by atoms with Crippen molar-refractivity contribution in [2.45, 2.75) is 25.2 Å². The molecule has 9 rings (SSSR count). The number of hydrogen-bond donors (Lipinski definition) is 0. The number of fused-ring (bicyclic) bond motifs is 5. The van der Waals surface area contributed by atoms with Gasteiger partial charge in [-0.25, -0.2) is 0 Å². The molecule has 1 aromatic heterocycles. The van der Waals surface area contributed by atoms with E-state index >= 15 is 0 Å². The zero-order valence-electron chi connectivity index (χ0n) is 25.6. The fourth-order valence-corrected chi connectivity index (χ4v) is 7.36. The third-order valence-corrected chi connectivity index (χ3v) is 9.68. The molecule has 0 amide bonds. The summed E-state index contributed by atoms with van der Waals surface area (Å²) in [5.74, 6) is 0.288. The fourth-order valence-electron chi connectivity index (χ4n) is 7.36. The summed E-state index contributed by atoms with van der Waals surface area (Å²) >= 11 is 0. The first-order valence-electron chi connectivity index (χ1n) is 16.3. The molecule has 0 N–H and O–H groups in total. The van der Waals surface area contributed by atoms with Gasteiger partial charge in [-0.15, -0.1) is 0 Å². The minimum atomic E-state index is 0.288. The summed E-state index contributed by atoms with van der Waals surface area (Å²) in [7, 11) is 0. The van der Waals surface area contributed by atoms with Gasteiger partial charge in [-0.05, 0) is 88.9 Å². The number of allylic oxidation sites excluding steroid dienone is 4. The lowest BCUT2D eigenvalue weighted by atomic mass is 9.89. The predicted octanol–water partition coefficient (Wildman–Crippen LogP) is 12.1. The molecule has 2 aliphatic rings. The zero-order chi connectivity index (χ0) is 30.5. The van der Waals surface area contributed by atoms with Gasteiger partial charge in [-0.3, -0.25) is 0 Å². The maximum atomic E-state index is 6.22. The Hall–Kier alpha value is -5.60. The Bertz CT molecular complexity index is 2350. The van der Waals surface area contributed by atoms with E-state index in [4.69, 9.17) is 4.42 Å². The predicted molar refractivity (Wildman–Crippen MR) is 194 cm³/mol. The minimum absolute atomic E-state index is 0.288. The second-order valence-corrected chi connectivity index (χ2v) is 12.4. The number of furan rings is 1. The van der Waals surface area contributed by atoms with Crippen LogP contribution in [-0.2, 0) is 6.42 Å². The van der Waals surface area contributed by atoms with Crippen molar-refractivity contribution in [1.82, 2.24) is 0 Å². The van der Waals surface area contributed by atoms with Crippen molar-refractivity contribution in [2.24, 2.45) is 0 Å². The van der Waals surface area contributed by atoms with E-state index < -0.39 is 0 Å². The highest BCUT2D eigenvalue weighted by Gasteiger charge is 2.21. The Labute approximate surface area is 269 Å². The average molecular weight is 592 g/mol. The first-order valence-corrected chi connectivity index (χ1v) is 16.3. The molecule has 0 aliphatic heterocycles. The molecule has 1 unspecified atom stereocenters. The monoisotopic (exact) mass is 591 g/mol. The van der Waals surface area contributed by atoms with Crippen LogP contribution in [0.2, 0.25) is 0 Å². The zero-order valence-corrected chi connectivity index (χ0v) is 25.6. The van der Waals surface area contributed by atoms with E-state index in [-0.39, 0.29) is 5.92 Å². The largest absolute Gasteiger partial charge is 0.456 e. The maximum absolute atomic E-state index is 6.22. The summed E-state index contributed by atoms with van der Waals surface area (Å²) in [4.78, 5) is 2.42. The Morgan fingerprint density at radius 1 is 0.652 bits per heavy atom. The van der Waals surface area contributed by atoms with Crippen LogP contribution in [0.15, 0.2) is 162 Å². The van der Waals surface area contributed by atoms with Gasteiger partial charge in [-0.2, -0.15) is 0 Å². The van der Waals surface area contributed by atoms with Crippen molar-refractivity contribution >= 4 is 50.2 Å². The summed E-state index contributed by atoms with van der Waals surface area (Å²) in [5, 5.41) is 4.83. The van der Waals surface area contributed by atoms with Gasteiger partial charge in [0.05, 0.1) is 5.69 Å². The van der Waals surface area contributed by atoms with Crippen LogP contribution in [0.4, 0.5) is 11.4 Å². The lowest BCUT2D eigenvalue weighted by molar-refractivity contribution is 0.667. The van der Waals surface area contributed by atoms with Crippen molar-refractivity contribution in [1.29, 1.82) is 0 Å². The Morgan fingerprint density at radius 3 is 2.35 bits per heavy atom. The van der Waals surface area contributed by atoms with Crippen LogP contribution in [0, 0.1) is 0 Å². The van der Waals surface area contributed by atoms with E-state index in [0.717, 1.165) is 36.1 Å². The van der Waals surface area contributed by atoms with Crippen molar-refractivity contribution in [2.75, 3.05) is 4.90 Å². The van der Waals surface area contributed by atoms with E-state index in [2.05, 4.69) is 151 Å². The summed E-state index contributed by atoms with van der Waals surface area (Å²) in [6, 6.07) is 46.1. The van der Waals surface area contributed by atoms with Crippen LogP contribution in [0.25, 0.3) is 49.9 Å². The van der Waals surface area contributed by atoms with Crippen molar-refractivity contribution in [3.05, 3.63) is 174 Å². The van der Waals surface area contributed by atoms with E-state index in [9.17, 15) is 0 Å². The molecule has 0 saturated heterocycles. The minimum Gasteiger partial charge on any atom is -0.456 e. The molecule has 1 heterocycles. The summed E-state index contributed by atoms with van der Waals surface area (Å²) in [5.41, 5.74) is 12.1. The lowest BCUT2D eigenvalue weighted by Crippen LogP contribution is -2.17. The molecule has 0 saturated carbocycles. The quantitative estimate of drug-likeness (QED) is 0.198. The summed E-state index contributed by atoms with van der Waals surface area (Å²) in [6.07, 6.45) is 14.7. The smallest absolute Gasteiger partial charge is 0.135 e. The van der Waals surface area contributed by atoms with Crippen LogP contribution in [0.5, 0.6) is 0 Å². The van der Waals surface area contributed by atoms with Gasteiger partial charge >= 0.3 is 0 Å². The van der Waals surface area contributed by atoms with Crippen molar-refractivity contribution < 1.29 is 4.42 Å². The molecular weight excluding hydrogens is 558 g/mol. The average Bonchev–Trinajstić information content (AvgIpc) is 3.50. The van der Waals surface area contributed by atoms with Crippen molar-refractivity contribution in [3.63, 3.8) is 0 Å². The third kappa shape index (κ3) is 4.57. The second kappa shape index (κ2) is 11.1. The normalized spacial score (nSPS) is 15.7. The summed E-state index contributed by atoms with van der Waals surface area (Å²) < 4.78 is 6.22. The van der Waals surface area contributed by atoms with Crippen LogP contribution < -0.4 is 4.90 Å². The summed E-state index contributed by atoms with van der Waals surface area (Å²) in [6.45, 7) is 0. The lowest BCUT2D eigenvalue weighted by Gasteiger charge is -2.30. The van der Waals surface area contributed by atoms with Gasteiger partial charge in [0.25, 0.3) is 0 Å². The van der Waals surface area contributed by atoms with Crippen LogP contribution in [0.3, 0.4) is 0 Å².